The van der Waals surface area contributed by atoms with Crippen LogP contribution in [-0.2, 0) is 6.54 Å². The molecule has 18 heavy (non-hydrogen) atoms. The quantitative estimate of drug-likeness (QED) is 0.726. The van der Waals surface area contributed by atoms with E-state index in [-0.39, 0.29) is 0 Å². The van der Waals surface area contributed by atoms with Crippen LogP contribution in [0.2, 0.25) is 0 Å². The van der Waals surface area contributed by atoms with E-state index in [4.69, 9.17) is 0 Å². The highest BCUT2D eigenvalue weighted by Gasteiger charge is 2.11. The van der Waals surface area contributed by atoms with Gasteiger partial charge in [0.1, 0.15) is 0 Å². The minimum Gasteiger partial charge on any atom is -0.317 e. The van der Waals surface area contributed by atoms with Gasteiger partial charge in [-0.1, -0.05) is 18.9 Å². The number of unbranched alkanes of at least 4 members (excludes halogenated alkanes) is 1. The molecule has 3 nitrogen and oxygen atoms in total. The van der Waals surface area contributed by atoms with Crippen molar-refractivity contribution in [1.82, 2.24) is 15.6 Å². The Morgan fingerprint density at radius 1 is 1.22 bits per heavy atom. The predicted molar refractivity (Wildman–Crippen MR) is 75.4 cm³/mol. The van der Waals surface area contributed by atoms with Crippen LogP contribution in [0.5, 0.6) is 0 Å². The molecule has 1 aromatic rings. The molecule has 2 heterocycles. The molecule has 1 fully saturated rings. The Morgan fingerprint density at radius 3 is 2.89 bits per heavy atom. The first-order valence-electron chi connectivity index (χ1n) is 7.26. The van der Waals surface area contributed by atoms with Crippen molar-refractivity contribution >= 4 is 0 Å². The molecular weight excluding hydrogens is 222 g/mol. The predicted octanol–water partition coefficient (Wildman–Crippen LogP) is 2.34. The number of hydrogen-bond acceptors (Lipinski definition) is 3. The molecule has 0 bridgehead atoms. The summed E-state index contributed by atoms with van der Waals surface area (Å²) in [6.45, 7) is 4.46. The maximum atomic E-state index is 4.30. The van der Waals surface area contributed by atoms with E-state index in [2.05, 4.69) is 21.7 Å². The van der Waals surface area contributed by atoms with E-state index in [0.717, 1.165) is 24.7 Å². The van der Waals surface area contributed by atoms with Crippen LogP contribution < -0.4 is 10.6 Å². The summed E-state index contributed by atoms with van der Waals surface area (Å²) >= 11 is 0. The van der Waals surface area contributed by atoms with E-state index in [1.54, 1.807) is 0 Å². The van der Waals surface area contributed by atoms with Gasteiger partial charge >= 0.3 is 0 Å². The second-order valence-corrected chi connectivity index (χ2v) is 5.19. The third-order valence-electron chi connectivity index (χ3n) is 3.71. The molecule has 1 aromatic heterocycles. The fourth-order valence-corrected chi connectivity index (χ4v) is 2.57. The Balaban J connectivity index is 1.46. The van der Waals surface area contributed by atoms with E-state index in [1.165, 1.54) is 45.2 Å². The Hall–Kier alpha value is -0.930. The largest absolute Gasteiger partial charge is 0.317 e. The highest BCUT2D eigenvalue weighted by atomic mass is 14.9. The molecule has 0 radical (unpaired) electrons. The zero-order valence-electron chi connectivity index (χ0n) is 11.2. The van der Waals surface area contributed by atoms with Gasteiger partial charge in [0.2, 0.25) is 0 Å². The van der Waals surface area contributed by atoms with Crippen molar-refractivity contribution in [2.45, 2.75) is 38.6 Å². The van der Waals surface area contributed by atoms with Crippen molar-refractivity contribution in [2.75, 3.05) is 19.6 Å². The first-order valence-corrected chi connectivity index (χ1v) is 7.26. The van der Waals surface area contributed by atoms with Crippen molar-refractivity contribution in [3.8, 4) is 0 Å². The average Bonchev–Trinajstić information content (AvgIpc) is 2.45. The minimum atomic E-state index is 0.897. The Morgan fingerprint density at radius 2 is 2.11 bits per heavy atom. The monoisotopic (exact) mass is 247 g/mol. The maximum absolute atomic E-state index is 4.30. The summed E-state index contributed by atoms with van der Waals surface area (Å²) in [6.07, 6.45) is 8.67. The topological polar surface area (TPSA) is 37.0 Å². The van der Waals surface area contributed by atoms with Crippen molar-refractivity contribution < 1.29 is 0 Å². The zero-order chi connectivity index (χ0) is 12.5. The van der Waals surface area contributed by atoms with Crippen LogP contribution >= 0.6 is 0 Å². The van der Waals surface area contributed by atoms with Gasteiger partial charge in [0.15, 0.2) is 0 Å². The van der Waals surface area contributed by atoms with Gasteiger partial charge < -0.3 is 10.6 Å². The van der Waals surface area contributed by atoms with E-state index >= 15 is 0 Å². The minimum absolute atomic E-state index is 0.897. The molecule has 100 valence electrons. The third-order valence-corrected chi connectivity index (χ3v) is 3.71. The number of hydrogen-bond donors (Lipinski definition) is 2. The van der Waals surface area contributed by atoms with Gasteiger partial charge in [0.05, 0.1) is 5.69 Å². The summed E-state index contributed by atoms with van der Waals surface area (Å²) in [5.41, 5.74) is 1.14. The molecule has 2 N–H and O–H groups in total. The molecule has 1 aliphatic rings. The second kappa shape index (κ2) is 8.22. The van der Waals surface area contributed by atoms with Gasteiger partial charge in [-0.15, -0.1) is 0 Å². The van der Waals surface area contributed by atoms with Crippen molar-refractivity contribution in [3.63, 3.8) is 0 Å². The van der Waals surface area contributed by atoms with E-state index in [0.29, 0.717) is 0 Å². The normalized spacial score (nSPS) is 16.9. The number of pyridine rings is 1. The van der Waals surface area contributed by atoms with Gasteiger partial charge in [-0.2, -0.15) is 0 Å². The van der Waals surface area contributed by atoms with E-state index < -0.39 is 0 Å². The van der Waals surface area contributed by atoms with Gasteiger partial charge in [0.25, 0.3) is 0 Å². The molecule has 1 saturated heterocycles. The molecule has 0 saturated carbocycles. The SMILES string of the molecule is c1ccc(CNCCCCC2CCNCC2)nc1. The Labute approximate surface area is 110 Å². The molecular formula is C15H25N3. The number of rotatable bonds is 7. The van der Waals surface area contributed by atoms with Crippen molar-refractivity contribution in [3.05, 3.63) is 30.1 Å². The molecule has 0 unspecified atom stereocenters. The standard InChI is InChI=1S/C15H25N3/c1(5-14-7-11-16-12-8-14)3-9-17-13-15-6-2-4-10-18-15/h2,4,6,10,14,16-17H,1,3,5,7-9,11-13H2. The molecule has 2 rings (SSSR count). The highest BCUT2D eigenvalue weighted by molar-refractivity contribution is 5.02. The van der Waals surface area contributed by atoms with Crippen LogP contribution in [0, 0.1) is 5.92 Å². The first-order chi connectivity index (χ1) is 8.95. The lowest BCUT2D eigenvalue weighted by atomic mass is 9.92. The molecule has 0 atom stereocenters. The number of piperidine rings is 1. The molecule has 0 amide bonds. The number of nitrogens with zero attached hydrogens (tertiary/aromatic N) is 1. The Bertz CT molecular complexity index is 307. The lowest BCUT2D eigenvalue weighted by Crippen LogP contribution is -2.27. The smallest absolute Gasteiger partial charge is 0.0541 e. The highest BCUT2D eigenvalue weighted by Crippen LogP contribution is 2.18. The summed E-state index contributed by atoms with van der Waals surface area (Å²) < 4.78 is 0. The van der Waals surface area contributed by atoms with Crippen molar-refractivity contribution in [2.24, 2.45) is 5.92 Å². The molecule has 3 heteroatoms. The van der Waals surface area contributed by atoms with Crippen LogP contribution in [0.1, 0.15) is 37.8 Å². The lowest BCUT2D eigenvalue weighted by molar-refractivity contribution is 0.343. The average molecular weight is 247 g/mol. The van der Waals surface area contributed by atoms with Gasteiger partial charge in [0, 0.05) is 12.7 Å². The van der Waals surface area contributed by atoms with E-state index in [9.17, 15) is 0 Å². The van der Waals surface area contributed by atoms with Crippen LogP contribution in [0.15, 0.2) is 24.4 Å². The van der Waals surface area contributed by atoms with Crippen molar-refractivity contribution in [1.29, 1.82) is 0 Å². The summed E-state index contributed by atoms with van der Waals surface area (Å²) in [7, 11) is 0. The molecule has 0 aliphatic carbocycles. The Kier molecular flexibility index (Phi) is 6.17. The van der Waals surface area contributed by atoms with Crippen LogP contribution in [-0.4, -0.2) is 24.6 Å². The summed E-state index contributed by atoms with van der Waals surface area (Å²) in [5.74, 6) is 0.974. The second-order valence-electron chi connectivity index (χ2n) is 5.19. The summed E-state index contributed by atoms with van der Waals surface area (Å²) in [5, 5.41) is 6.89. The molecule has 0 spiro atoms. The van der Waals surface area contributed by atoms with Crippen LogP contribution in [0.3, 0.4) is 0 Å². The van der Waals surface area contributed by atoms with Gasteiger partial charge in [-0.3, -0.25) is 4.98 Å². The fraction of sp³-hybridized carbons (Fsp3) is 0.667. The summed E-state index contributed by atoms with van der Waals surface area (Å²) in [4.78, 5) is 4.30. The van der Waals surface area contributed by atoms with Crippen LogP contribution in [0.4, 0.5) is 0 Å². The zero-order valence-corrected chi connectivity index (χ0v) is 11.2. The maximum Gasteiger partial charge on any atom is 0.0541 e. The molecule has 0 aromatic carbocycles. The molecule has 1 aliphatic heterocycles. The lowest BCUT2D eigenvalue weighted by Gasteiger charge is -2.22. The number of nitrogens with one attached hydrogen (secondary N) is 2. The summed E-state index contributed by atoms with van der Waals surface area (Å²) in [6, 6.07) is 6.08. The van der Waals surface area contributed by atoms with E-state index in [1.807, 2.05) is 18.3 Å². The van der Waals surface area contributed by atoms with Crippen LogP contribution in [0.25, 0.3) is 0 Å². The van der Waals surface area contributed by atoms with Gasteiger partial charge in [-0.05, 0) is 56.9 Å². The fourth-order valence-electron chi connectivity index (χ4n) is 2.57. The first kappa shape index (κ1) is 13.5. The third kappa shape index (κ3) is 5.15. The number of aromatic nitrogens is 1. The van der Waals surface area contributed by atoms with Gasteiger partial charge in [-0.25, -0.2) is 0 Å².